The molecule has 39 heavy (non-hydrogen) atoms. The molecule has 2 heterocycles. The van der Waals surface area contributed by atoms with Gasteiger partial charge in [0.25, 0.3) is 0 Å². The van der Waals surface area contributed by atoms with Crippen LogP contribution in [0.5, 0.6) is 5.75 Å². The SMILES string of the molecule is Cn1nccc1-c1cc(NC(=O)Nc2ccccc2Cl)ccc1OCCN1CCCC(C(=O)NCC(=O)O)C1. The zero-order valence-electron chi connectivity index (χ0n) is 21.5. The van der Waals surface area contributed by atoms with Crippen LogP contribution in [0.25, 0.3) is 11.3 Å². The van der Waals surface area contributed by atoms with Crippen LogP contribution in [0, 0.1) is 5.92 Å². The summed E-state index contributed by atoms with van der Waals surface area (Å²) in [4.78, 5) is 37.8. The number of anilines is 2. The number of amides is 3. The highest BCUT2D eigenvalue weighted by Gasteiger charge is 2.26. The number of urea groups is 1. The first-order valence-corrected chi connectivity index (χ1v) is 13.0. The predicted molar refractivity (Wildman–Crippen MR) is 148 cm³/mol. The summed E-state index contributed by atoms with van der Waals surface area (Å²) < 4.78 is 7.88. The minimum absolute atomic E-state index is 0.233. The summed E-state index contributed by atoms with van der Waals surface area (Å²) in [5, 5.41) is 21.5. The topological polar surface area (TPSA) is 138 Å². The number of benzene rings is 2. The van der Waals surface area contributed by atoms with E-state index < -0.39 is 12.0 Å². The molecule has 1 aliphatic heterocycles. The van der Waals surface area contributed by atoms with Crippen LogP contribution in [0.3, 0.4) is 0 Å². The number of rotatable bonds is 10. The van der Waals surface area contributed by atoms with Crippen molar-refractivity contribution in [3.8, 4) is 17.0 Å². The van der Waals surface area contributed by atoms with Crippen LogP contribution in [0.15, 0.2) is 54.7 Å². The molecule has 1 aliphatic rings. The van der Waals surface area contributed by atoms with E-state index in [1.807, 2.05) is 19.2 Å². The van der Waals surface area contributed by atoms with Gasteiger partial charge in [-0.25, -0.2) is 4.79 Å². The van der Waals surface area contributed by atoms with Gasteiger partial charge >= 0.3 is 12.0 Å². The summed E-state index contributed by atoms with van der Waals surface area (Å²) in [7, 11) is 1.83. The highest BCUT2D eigenvalue weighted by atomic mass is 35.5. The Morgan fingerprint density at radius 3 is 2.72 bits per heavy atom. The predicted octanol–water partition coefficient (Wildman–Crippen LogP) is 3.68. The highest BCUT2D eigenvalue weighted by molar-refractivity contribution is 6.33. The fourth-order valence-electron chi connectivity index (χ4n) is 4.48. The molecule has 0 bridgehead atoms. The molecular weight excluding hydrogens is 524 g/mol. The van der Waals surface area contributed by atoms with Gasteiger partial charge < -0.3 is 25.8 Å². The Morgan fingerprint density at radius 1 is 1.15 bits per heavy atom. The third-order valence-corrected chi connectivity index (χ3v) is 6.74. The summed E-state index contributed by atoms with van der Waals surface area (Å²) in [5.74, 6) is -0.909. The van der Waals surface area contributed by atoms with Crippen molar-refractivity contribution in [3.05, 3.63) is 59.8 Å². The molecule has 1 aromatic heterocycles. The van der Waals surface area contributed by atoms with Crippen LogP contribution >= 0.6 is 11.6 Å². The highest BCUT2D eigenvalue weighted by Crippen LogP contribution is 2.33. The molecule has 3 amide bonds. The Bertz CT molecular complexity index is 1330. The van der Waals surface area contributed by atoms with E-state index in [1.54, 1.807) is 47.3 Å². The molecule has 1 fully saturated rings. The molecule has 1 saturated heterocycles. The molecule has 2 aromatic carbocycles. The minimum Gasteiger partial charge on any atom is -0.492 e. The average molecular weight is 555 g/mol. The summed E-state index contributed by atoms with van der Waals surface area (Å²) in [6.07, 6.45) is 3.26. The van der Waals surface area contributed by atoms with E-state index in [2.05, 4.69) is 25.9 Å². The Labute approximate surface area is 231 Å². The van der Waals surface area contributed by atoms with Gasteiger partial charge in [0.2, 0.25) is 5.91 Å². The van der Waals surface area contributed by atoms with Gasteiger partial charge in [0, 0.05) is 37.6 Å². The number of carboxylic acids is 1. The number of carboxylic acid groups (broad SMARTS) is 1. The van der Waals surface area contributed by atoms with Gasteiger partial charge in [0.05, 0.1) is 22.3 Å². The van der Waals surface area contributed by atoms with Gasteiger partial charge in [-0.15, -0.1) is 0 Å². The van der Waals surface area contributed by atoms with Crippen molar-refractivity contribution in [3.63, 3.8) is 0 Å². The smallest absolute Gasteiger partial charge is 0.323 e. The zero-order valence-corrected chi connectivity index (χ0v) is 22.3. The third kappa shape index (κ3) is 7.71. The average Bonchev–Trinajstić information content (AvgIpc) is 3.35. The van der Waals surface area contributed by atoms with E-state index in [4.69, 9.17) is 21.4 Å². The van der Waals surface area contributed by atoms with E-state index in [9.17, 15) is 14.4 Å². The van der Waals surface area contributed by atoms with E-state index in [0.717, 1.165) is 30.6 Å². The van der Waals surface area contributed by atoms with Crippen molar-refractivity contribution in [1.29, 1.82) is 0 Å². The van der Waals surface area contributed by atoms with Crippen molar-refractivity contribution in [2.45, 2.75) is 12.8 Å². The second-order valence-corrected chi connectivity index (χ2v) is 9.62. The van der Waals surface area contributed by atoms with Crippen molar-refractivity contribution >= 4 is 40.9 Å². The first-order valence-electron chi connectivity index (χ1n) is 12.6. The zero-order chi connectivity index (χ0) is 27.8. The molecule has 0 aliphatic carbocycles. The number of hydrogen-bond acceptors (Lipinski definition) is 6. The molecule has 11 nitrogen and oxygen atoms in total. The number of aryl methyl sites for hydroxylation is 1. The van der Waals surface area contributed by atoms with Crippen LogP contribution < -0.4 is 20.7 Å². The lowest BCUT2D eigenvalue weighted by Crippen LogP contribution is -2.45. The molecule has 4 rings (SSSR count). The fraction of sp³-hybridized carbons (Fsp3) is 0.333. The molecule has 0 saturated carbocycles. The van der Waals surface area contributed by atoms with Crippen LogP contribution in [-0.2, 0) is 16.6 Å². The molecular formula is C27H31ClN6O5. The lowest BCUT2D eigenvalue weighted by atomic mass is 9.97. The molecule has 0 radical (unpaired) electrons. The number of halogens is 1. The Morgan fingerprint density at radius 2 is 1.97 bits per heavy atom. The largest absolute Gasteiger partial charge is 0.492 e. The van der Waals surface area contributed by atoms with Crippen LogP contribution in [-0.4, -0.2) is 70.5 Å². The number of aromatic nitrogens is 2. The number of ether oxygens (including phenoxy) is 1. The first-order chi connectivity index (χ1) is 18.8. The second kappa shape index (κ2) is 13.1. The van der Waals surface area contributed by atoms with Gasteiger partial charge in [0.1, 0.15) is 18.9 Å². The number of nitrogens with zero attached hydrogens (tertiary/aromatic N) is 3. The lowest BCUT2D eigenvalue weighted by Gasteiger charge is -2.31. The Hall–Kier alpha value is -4.09. The number of nitrogens with one attached hydrogen (secondary N) is 3. The number of piperidine rings is 1. The molecule has 206 valence electrons. The van der Waals surface area contributed by atoms with Gasteiger partial charge in [-0.2, -0.15) is 5.10 Å². The normalized spacial score (nSPS) is 15.4. The number of carbonyl (C=O) groups excluding carboxylic acids is 2. The summed E-state index contributed by atoms with van der Waals surface area (Å²) in [6.45, 7) is 2.00. The van der Waals surface area contributed by atoms with E-state index in [0.29, 0.717) is 41.8 Å². The standard InChI is InChI=1S/C27H31ClN6O5/c1-33-23(10-11-30-33)20-15-19(31-27(38)32-22-7-3-2-6-21(22)28)8-9-24(20)39-14-13-34-12-4-5-18(17-34)26(37)29-16-25(35)36/h2-3,6-11,15,18H,4-5,12-14,16-17H2,1H3,(H,29,37)(H,35,36)(H2,31,32,38). The second-order valence-electron chi connectivity index (χ2n) is 9.21. The maximum absolute atomic E-state index is 12.6. The molecule has 1 unspecified atom stereocenters. The van der Waals surface area contributed by atoms with Gasteiger partial charge in [-0.1, -0.05) is 23.7 Å². The van der Waals surface area contributed by atoms with Crippen LogP contribution in [0.4, 0.5) is 16.2 Å². The molecule has 4 N–H and O–H groups in total. The maximum Gasteiger partial charge on any atom is 0.323 e. The van der Waals surface area contributed by atoms with Gasteiger partial charge in [-0.05, 0) is 55.8 Å². The van der Waals surface area contributed by atoms with E-state index in [1.165, 1.54) is 0 Å². The fourth-order valence-corrected chi connectivity index (χ4v) is 4.67. The minimum atomic E-state index is -1.06. The summed E-state index contributed by atoms with van der Waals surface area (Å²) in [5.41, 5.74) is 2.64. The Balaban J connectivity index is 1.39. The molecule has 12 heteroatoms. The van der Waals surface area contributed by atoms with Crippen LogP contribution in [0.2, 0.25) is 5.02 Å². The number of carbonyl (C=O) groups is 3. The van der Waals surface area contributed by atoms with Gasteiger partial charge in [0.15, 0.2) is 0 Å². The first kappa shape index (κ1) is 27.9. The van der Waals surface area contributed by atoms with E-state index >= 15 is 0 Å². The van der Waals surface area contributed by atoms with Gasteiger partial charge in [-0.3, -0.25) is 19.2 Å². The third-order valence-electron chi connectivity index (χ3n) is 6.41. The van der Waals surface area contributed by atoms with E-state index in [-0.39, 0.29) is 18.4 Å². The number of hydrogen-bond donors (Lipinski definition) is 4. The molecule has 0 spiro atoms. The number of para-hydroxylation sites is 1. The van der Waals surface area contributed by atoms with Crippen molar-refractivity contribution < 1.29 is 24.2 Å². The maximum atomic E-state index is 12.6. The monoisotopic (exact) mass is 554 g/mol. The van der Waals surface area contributed by atoms with Crippen molar-refractivity contribution in [2.24, 2.45) is 13.0 Å². The van der Waals surface area contributed by atoms with Crippen molar-refractivity contribution in [1.82, 2.24) is 20.0 Å². The lowest BCUT2D eigenvalue weighted by molar-refractivity contribution is -0.138. The van der Waals surface area contributed by atoms with Crippen molar-refractivity contribution in [2.75, 3.05) is 43.4 Å². The van der Waals surface area contributed by atoms with Crippen LogP contribution in [0.1, 0.15) is 12.8 Å². The molecule has 3 aromatic rings. The summed E-state index contributed by atoms with van der Waals surface area (Å²) >= 11 is 6.14. The molecule has 1 atom stereocenters. The Kier molecular flexibility index (Phi) is 9.40. The number of likely N-dealkylation sites (tertiary alicyclic amines) is 1. The quantitative estimate of drug-likeness (QED) is 0.300. The number of aliphatic carboxylic acids is 1. The summed E-state index contributed by atoms with van der Waals surface area (Å²) in [6, 6.07) is 13.8.